The van der Waals surface area contributed by atoms with Crippen LogP contribution in [0.3, 0.4) is 0 Å². The van der Waals surface area contributed by atoms with Gasteiger partial charge in [-0.25, -0.2) is 4.79 Å². The van der Waals surface area contributed by atoms with E-state index in [1.807, 2.05) is 47.9 Å². The summed E-state index contributed by atoms with van der Waals surface area (Å²) in [5.74, 6) is -4.89. The van der Waals surface area contributed by atoms with E-state index in [0.29, 0.717) is 5.56 Å². The van der Waals surface area contributed by atoms with Crippen molar-refractivity contribution in [3.05, 3.63) is 35.9 Å². The Morgan fingerprint density at radius 3 is 2.02 bits per heavy atom. The number of esters is 2. The molecule has 342 valence electrons. The zero-order valence-corrected chi connectivity index (χ0v) is 38.7. The van der Waals surface area contributed by atoms with Crippen molar-refractivity contribution in [2.75, 3.05) is 28.3 Å². The molecule has 0 spiro atoms. The third kappa shape index (κ3) is 10.8. The summed E-state index contributed by atoms with van der Waals surface area (Å²) in [5.41, 5.74) is -3.84. The SMILES string of the molecule is CC[C@H]1OC(=O)[C@H](C)[C@@H](O[C@H]2C[C@@](C)(OC)[C@@H](OC(=O)c3ccccc3)[C@H](C)O2)[C@H](C)[C@@H](O[C@@H]2O[C@H](C)C[C@H](N(C)C)[C@H]2C)[C@@](C)(OC)C[C@@H](C)C(=O)[C@H](C)[C@@H](O)[C@]1(C)O. The lowest BCUT2D eigenvalue weighted by molar-refractivity contribution is -0.313. The first kappa shape index (κ1) is 50.1. The number of hydrogen-bond donors (Lipinski definition) is 2. The van der Waals surface area contributed by atoms with Gasteiger partial charge in [0, 0.05) is 50.4 Å². The molecule has 60 heavy (non-hydrogen) atoms. The number of Topliss-reactive ketones (excluding diaryl/α,β-unsaturated/α-hetero) is 1. The normalized spacial score (nSPS) is 43.9. The average molecular weight is 850 g/mol. The molecule has 0 saturated carbocycles. The smallest absolute Gasteiger partial charge is 0.338 e. The molecule has 3 aliphatic heterocycles. The highest BCUT2D eigenvalue weighted by atomic mass is 16.7. The number of ether oxygens (including phenoxy) is 8. The number of cyclic esters (lactones) is 1. The Balaban J connectivity index is 1.82. The van der Waals surface area contributed by atoms with Gasteiger partial charge in [-0.1, -0.05) is 52.8 Å². The average Bonchev–Trinajstić information content (AvgIpc) is 3.21. The number of aliphatic hydroxyl groups is 2. The number of carbonyl (C=O) groups excluding carboxylic acids is 3. The number of methoxy groups -OCH3 is 2. The van der Waals surface area contributed by atoms with Gasteiger partial charge < -0.3 is 53.0 Å². The Bertz CT molecular complexity index is 1580. The molecule has 0 radical (unpaired) electrons. The van der Waals surface area contributed by atoms with Gasteiger partial charge in [0.1, 0.15) is 23.1 Å². The summed E-state index contributed by atoms with van der Waals surface area (Å²) in [6.45, 7) is 19.7. The fraction of sp³-hybridized carbons (Fsp3) is 0.804. The topological polar surface area (TPSA) is 169 Å². The van der Waals surface area contributed by atoms with E-state index in [2.05, 4.69) is 11.8 Å². The van der Waals surface area contributed by atoms with E-state index in [0.717, 1.165) is 6.42 Å². The van der Waals surface area contributed by atoms with E-state index >= 15 is 0 Å². The van der Waals surface area contributed by atoms with Crippen molar-refractivity contribution in [3.63, 3.8) is 0 Å². The molecule has 3 fully saturated rings. The molecule has 4 rings (SSSR count). The van der Waals surface area contributed by atoms with Crippen LogP contribution in [0.15, 0.2) is 30.3 Å². The van der Waals surface area contributed by atoms with Crippen molar-refractivity contribution in [2.24, 2.45) is 29.6 Å². The second-order valence-corrected chi connectivity index (χ2v) is 18.7. The molecule has 2 N–H and O–H groups in total. The highest BCUT2D eigenvalue weighted by Crippen LogP contribution is 2.43. The molecule has 3 heterocycles. The van der Waals surface area contributed by atoms with Crippen molar-refractivity contribution in [3.8, 4) is 0 Å². The quantitative estimate of drug-likeness (QED) is 0.280. The summed E-state index contributed by atoms with van der Waals surface area (Å²) in [6, 6.07) is 8.82. The van der Waals surface area contributed by atoms with Crippen LogP contribution in [0.1, 0.15) is 112 Å². The molecular weight excluding hydrogens is 774 g/mol. The van der Waals surface area contributed by atoms with E-state index in [1.165, 1.54) is 6.92 Å². The van der Waals surface area contributed by atoms with Gasteiger partial charge in [0.15, 0.2) is 18.7 Å². The molecule has 0 aromatic heterocycles. The Labute approximate surface area is 358 Å². The minimum absolute atomic E-state index is 0.0819. The second kappa shape index (κ2) is 20.3. The van der Waals surface area contributed by atoms with Crippen LogP contribution in [0.4, 0.5) is 0 Å². The van der Waals surface area contributed by atoms with Crippen molar-refractivity contribution in [2.45, 2.75) is 180 Å². The van der Waals surface area contributed by atoms with E-state index in [-0.39, 0.29) is 43.1 Å². The highest BCUT2D eigenvalue weighted by molar-refractivity contribution is 5.89. The Hall–Kier alpha value is -2.53. The molecule has 0 unspecified atom stereocenters. The van der Waals surface area contributed by atoms with Crippen molar-refractivity contribution in [1.29, 1.82) is 0 Å². The van der Waals surface area contributed by atoms with Crippen molar-refractivity contribution < 1.29 is 62.5 Å². The summed E-state index contributed by atoms with van der Waals surface area (Å²) in [5, 5.41) is 23.3. The summed E-state index contributed by atoms with van der Waals surface area (Å²) in [6.07, 6.45) is -6.61. The van der Waals surface area contributed by atoms with Gasteiger partial charge in [-0.05, 0) is 87.0 Å². The molecule has 0 bridgehead atoms. The minimum Gasteiger partial charge on any atom is -0.459 e. The molecule has 1 aromatic rings. The van der Waals surface area contributed by atoms with Gasteiger partial charge in [-0.15, -0.1) is 0 Å². The fourth-order valence-corrected chi connectivity index (χ4v) is 9.88. The van der Waals surface area contributed by atoms with Crippen LogP contribution in [-0.2, 0) is 47.5 Å². The van der Waals surface area contributed by atoms with Gasteiger partial charge in [0.25, 0.3) is 0 Å². The van der Waals surface area contributed by atoms with E-state index in [1.54, 1.807) is 73.1 Å². The van der Waals surface area contributed by atoms with Crippen LogP contribution in [0.25, 0.3) is 0 Å². The maximum Gasteiger partial charge on any atom is 0.338 e. The number of nitrogens with zero attached hydrogens (tertiary/aromatic N) is 1. The molecule has 14 nitrogen and oxygen atoms in total. The Morgan fingerprint density at radius 2 is 1.45 bits per heavy atom. The van der Waals surface area contributed by atoms with E-state index in [4.69, 9.17) is 37.9 Å². The van der Waals surface area contributed by atoms with Gasteiger partial charge in [-0.3, -0.25) is 9.59 Å². The molecule has 18 atom stereocenters. The number of benzene rings is 1. The van der Waals surface area contributed by atoms with Crippen LogP contribution < -0.4 is 0 Å². The van der Waals surface area contributed by atoms with Crippen LogP contribution in [0, 0.1) is 29.6 Å². The predicted octanol–water partition coefficient (Wildman–Crippen LogP) is 5.58. The molecule has 14 heteroatoms. The van der Waals surface area contributed by atoms with Gasteiger partial charge in [0.05, 0.1) is 47.6 Å². The van der Waals surface area contributed by atoms with E-state index in [9.17, 15) is 24.6 Å². The zero-order chi connectivity index (χ0) is 45.1. The lowest BCUT2D eigenvalue weighted by Gasteiger charge is -2.50. The molecule has 0 amide bonds. The molecule has 0 aliphatic carbocycles. The minimum atomic E-state index is -1.97. The first-order chi connectivity index (χ1) is 28.0. The monoisotopic (exact) mass is 850 g/mol. The maximum absolute atomic E-state index is 14.5. The number of ketones is 1. The lowest BCUT2D eigenvalue weighted by atomic mass is 9.73. The summed E-state index contributed by atoms with van der Waals surface area (Å²) in [7, 11) is 7.17. The van der Waals surface area contributed by atoms with Crippen molar-refractivity contribution in [1.82, 2.24) is 4.90 Å². The highest BCUT2D eigenvalue weighted by Gasteiger charge is 2.54. The second-order valence-electron chi connectivity index (χ2n) is 18.7. The maximum atomic E-state index is 14.5. The van der Waals surface area contributed by atoms with Gasteiger partial charge in [0.2, 0.25) is 0 Å². The summed E-state index contributed by atoms with van der Waals surface area (Å²) in [4.78, 5) is 44.0. The number of carbonyl (C=O) groups is 3. The Kier molecular flexibility index (Phi) is 17.0. The van der Waals surface area contributed by atoms with Crippen LogP contribution >= 0.6 is 0 Å². The summed E-state index contributed by atoms with van der Waals surface area (Å²) >= 11 is 0. The molecule has 3 aliphatic rings. The first-order valence-corrected chi connectivity index (χ1v) is 21.7. The van der Waals surface area contributed by atoms with Gasteiger partial charge in [-0.2, -0.15) is 0 Å². The van der Waals surface area contributed by atoms with Crippen LogP contribution in [-0.4, -0.2) is 139 Å². The van der Waals surface area contributed by atoms with Gasteiger partial charge >= 0.3 is 11.9 Å². The Morgan fingerprint density at radius 1 is 0.850 bits per heavy atom. The molecular formula is C46H75NO13. The molecule has 1 aromatic carbocycles. The zero-order valence-electron chi connectivity index (χ0n) is 38.7. The largest absolute Gasteiger partial charge is 0.459 e. The molecule has 3 saturated heterocycles. The third-order valence-electron chi connectivity index (χ3n) is 13.8. The summed E-state index contributed by atoms with van der Waals surface area (Å²) < 4.78 is 51.7. The predicted molar refractivity (Wildman–Crippen MR) is 224 cm³/mol. The lowest BCUT2D eigenvalue weighted by Crippen LogP contribution is -2.61. The van der Waals surface area contributed by atoms with Crippen molar-refractivity contribution >= 4 is 17.7 Å². The number of aliphatic hydroxyl groups excluding tert-OH is 1. The van der Waals surface area contributed by atoms with Crippen LogP contribution in [0.2, 0.25) is 0 Å². The standard InChI is InChI=1S/C46H75NO13/c1-16-34-46(11,52)38(49)28(5)36(48)25(2)23-44(9,53-14)39(60-43-27(4)33(47(12)13)22-26(3)55-43)29(6)37(30(7)41(50)57-34)58-35-24-45(10,54-15)40(31(8)56-35)59-42(51)32-20-18-17-19-21-32/h17-21,25-31,33-35,37-40,43,49,52H,16,22-24H2,1-15H3/t25-,26-,27-,28+,29+,30-,31+,33+,34-,35+,37+,38-,39-,40+,43+,44+,45-,46-/m1/s1. The van der Waals surface area contributed by atoms with Crippen LogP contribution in [0.5, 0.6) is 0 Å². The fourth-order valence-electron chi connectivity index (χ4n) is 9.88. The van der Waals surface area contributed by atoms with E-state index < -0.39 is 102 Å². The number of rotatable bonds is 10. The number of hydrogen-bond acceptors (Lipinski definition) is 14. The first-order valence-electron chi connectivity index (χ1n) is 21.7. The third-order valence-corrected chi connectivity index (χ3v) is 13.8.